The second kappa shape index (κ2) is 6.91. The SMILES string of the molecule is CCCN=C(N)NC(CC)CO. The summed E-state index contributed by atoms with van der Waals surface area (Å²) in [5.41, 5.74) is 5.54. The molecule has 0 bridgehead atoms. The predicted octanol–water partition coefficient (Wildman–Crippen LogP) is 0.0716. The van der Waals surface area contributed by atoms with Crippen molar-refractivity contribution in [2.75, 3.05) is 13.2 Å². The van der Waals surface area contributed by atoms with E-state index in [9.17, 15) is 0 Å². The zero-order valence-corrected chi connectivity index (χ0v) is 7.88. The minimum atomic E-state index is 0.0330. The standard InChI is InChI=1S/C8H19N3O/c1-3-5-10-8(9)11-7(4-2)6-12/h7,12H,3-6H2,1-2H3,(H3,9,10,11). The van der Waals surface area contributed by atoms with Crippen LogP contribution in [0.1, 0.15) is 26.7 Å². The molecule has 0 aliphatic carbocycles. The van der Waals surface area contributed by atoms with Gasteiger partial charge in [0.2, 0.25) is 0 Å². The molecule has 0 saturated carbocycles. The number of hydrogen-bond donors (Lipinski definition) is 3. The van der Waals surface area contributed by atoms with Gasteiger partial charge in [0.1, 0.15) is 0 Å². The van der Waals surface area contributed by atoms with Gasteiger partial charge in [0.25, 0.3) is 0 Å². The van der Waals surface area contributed by atoms with Crippen LogP contribution in [0.4, 0.5) is 0 Å². The number of aliphatic hydroxyl groups is 1. The molecule has 0 rings (SSSR count). The maximum absolute atomic E-state index is 8.83. The zero-order valence-electron chi connectivity index (χ0n) is 7.88. The van der Waals surface area contributed by atoms with Crippen LogP contribution < -0.4 is 11.1 Å². The molecule has 0 saturated heterocycles. The summed E-state index contributed by atoms with van der Waals surface area (Å²) in [7, 11) is 0. The van der Waals surface area contributed by atoms with Crippen molar-refractivity contribution < 1.29 is 5.11 Å². The Hall–Kier alpha value is -0.770. The Balaban J connectivity index is 3.71. The van der Waals surface area contributed by atoms with E-state index in [1.165, 1.54) is 0 Å². The lowest BCUT2D eigenvalue weighted by molar-refractivity contribution is 0.252. The number of nitrogens with two attached hydrogens (primary N) is 1. The molecule has 0 aliphatic heterocycles. The third-order valence-corrected chi connectivity index (χ3v) is 1.57. The molecule has 72 valence electrons. The molecule has 0 spiro atoms. The Labute approximate surface area is 73.9 Å². The molecule has 0 fully saturated rings. The Morgan fingerprint density at radius 3 is 2.67 bits per heavy atom. The fourth-order valence-electron chi connectivity index (χ4n) is 0.764. The highest BCUT2D eigenvalue weighted by Crippen LogP contribution is 1.87. The lowest BCUT2D eigenvalue weighted by Crippen LogP contribution is -2.41. The Kier molecular flexibility index (Phi) is 6.47. The number of hydrogen-bond acceptors (Lipinski definition) is 2. The van der Waals surface area contributed by atoms with Gasteiger partial charge in [-0.1, -0.05) is 13.8 Å². The molecule has 0 aromatic heterocycles. The van der Waals surface area contributed by atoms with Crippen molar-refractivity contribution >= 4 is 5.96 Å². The largest absolute Gasteiger partial charge is 0.394 e. The van der Waals surface area contributed by atoms with Gasteiger partial charge in [-0.05, 0) is 12.8 Å². The monoisotopic (exact) mass is 173 g/mol. The highest BCUT2D eigenvalue weighted by molar-refractivity contribution is 5.78. The number of nitrogens with zero attached hydrogens (tertiary/aromatic N) is 1. The molecule has 4 nitrogen and oxygen atoms in total. The Morgan fingerprint density at radius 1 is 1.58 bits per heavy atom. The van der Waals surface area contributed by atoms with Gasteiger partial charge in [-0.15, -0.1) is 0 Å². The molecule has 0 amide bonds. The highest BCUT2D eigenvalue weighted by Gasteiger charge is 2.03. The maximum atomic E-state index is 8.83. The topological polar surface area (TPSA) is 70.6 Å². The number of rotatable bonds is 5. The van der Waals surface area contributed by atoms with E-state index in [-0.39, 0.29) is 12.6 Å². The summed E-state index contributed by atoms with van der Waals surface area (Å²) in [6.45, 7) is 4.86. The summed E-state index contributed by atoms with van der Waals surface area (Å²) >= 11 is 0. The van der Waals surface area contributed by atoms with Crippen LogP contribution in [0.3, 0.4) is 0 Å². The first kappa shape index (κ1) is 11.2. The van der Waals surface area contributed by atoms with Crippen LogP contribution in [0.2, 0.25) is 0 Å². The van der Waals surface area contributed by atoms with Crippen LogP contribution >= 0.6 is 0 Å². The van der Waals surface area contributed by atoms with Crippen molar-refractivity contribution in [1.82, 2.24) is 5.32 Å². The van der Waals surface area contributed by atoms with Gasteiger partial charge in [-0.3, -0.25) is 4.99 Å². The summed E-state index contributed by atoms with van der Waals surface area (Å²) < 4.78 is 0. The first-order valence-corrected chi connectivity index (χ1v) is 4.41. The van der Waals surface area contributed by atoms with Crippen LogP contribution in [0.5, 0.6) is 0 Å². The van der Waals surface area contributed by atoms with Crippen LogP contribution in [0, 0.1) is 0 Å². The Bertz CT molecular complexity index is 132. The average Bonchev–Trinajstić information content (AvgIpc) is 2.10. The van der Waals surface area contributed by atoms with E-state index >= 15 is 0 Å². The Morgan fingerprint density at radius 2 is 2.25 bits per heavy atom. The van der Waals surface area contributed by atoms with Crippen molar-refractivity contribution in [2.24, 2.45) is 10.7 Å². The summed E-state index contributed by atoms with van der Waals surface area (Å²) in [4.78, 5) is 4.05. The zero-order chi connectivity index (χ0) is 9.40. The molecular formula is C8H19N3O. The van der Waals surface area contributed by atoms with Crippen molar-refractivity contribution in [3.63, 3.8) is 0 Å². The van der Waals surface area contributed by atoms with Gasteiger partial charge < -0.3 is 16.2 Å². The van der Waals surface area contributed by atoms with Crippen LogP contribution in [0.15, 0.2) is 4.99 Å². The molecule has 0 aromatic rings. The minimum Gasteiger partial charge on any atom is -0.394 e. The molecule has 1 unspecified atom stereocenters. The van der Waals surface area contributed by atoms with Crippen molar-refractivity contribution in [3.8, 4) is 0 Å². The number of aliphatic hydroxyl groups excluding tert-OH is 1. The predicted molar refractivity (Wildman–Crippen MR) is 51.1 cm³/mol. The molecule has 0 heterocycles. The number of nitrogens with one attached hydrogen (secondary N) is 1. The van der Waals surface area contributed by atoms with Gasteiger partial charge >= 0.3 is 0 Å². The first-order chi connectivity index (χ1) is 5.74. The molecule has 4 heteroatoms. The number of guanidine groups is 1. The van der Waals surface area contributed by atoms with Gasteiger partial charge in [0.05, 0.1) is 12.6 Å². The second-order valence-electron chi connectivity index (χ2n) is 2.70. The third kappa shape index (κ3) is 4.96. The van der Waals surface area contributed by atoms with E-state index in [4.69, 9.17) is 10.8 Å². The number of aliphatic imine (C=N–C) groups is 1. The van der Waals surface area contributed by atoms with Crippen LogP contribution in [-0.4, -0.2) is 30.3 Å². The maximum Gasteiger partial charge on any atom is 0.188 e. The van der Waals surface area contributed by atoms with E-state index in [0.717, 1.165) is 19.4 Å². The molecule has 0 radical (unpaired) electrons. The average molecular weight is 173 g/mol. The summed E-state index contributed by atoms with van der Waals surface area (Å²) in [6.07, 6.45) is 1.83. The van der Waals surface area contributed by atoms with Gasteiger partial charge in [0, 0.05) is 6.54 Å². The third-order valence-electron chi connectivity index (χ3n) is 1.57. The van der Waals surface area contributed by atoms with Crippen molar-refractivity contribution in [1.29, 1.82) is 0 Å². The smallest absolute Gasteiger partial charge is 0.188 e. The lowest BCUT2D eigenvalue weighted by Gasteiger charge is -2.13. The molecule has 4 N–H and O–H groups in total. The highest BCUT2D eigenvalue weighted by atomic mass is 16.3. The molecule has 12 heavy (non-hydrogen) atoms. The normalized spacial score (nSPS) is 14.4. The van der Waals surface area contributed by atoms with E-state index in [0.29, 0.717) is 5.96 Å². The summed E-state index contributed by atoms with van der Waals surface area (Å²) in [5.74, 6) is 0.428. The minimum absolute atomic E-state index is 0.0330. The fourth-order valence-corrected chi connectivity index (χ4v) is 0.764. The van der Waals surface area contributed by atoms with E-state index < -0.39 is 0 Å². The van der Waals surface area contributed by atoms with Crippen LogP contribution in [0.25, 0.3) is 0 Å². The molecular weight excluding hydrogens is 154 g/mol. The van der Waals surface area contributed by atoms with Crippen molar-refractivity contribution in [2.45, 2.75) is 32.7 Å². The van der Waals surface area contributed by atoms with Gasteiger partial charge in [0.15, 0.2) is 5.96 Å². The van der Waals surface area contributed by atoms with Gasteiger partial charge in [-0.25, -0.2) is 0 Å². The van der Waals surface area contributed by atoms with E-state index in [1.807, 2.05) is 13.8 Å². The van der Waals surface area contributed by atoms with E-state index in [1.54, 1.807) is 0 Å². The molecule has 0 aliphatic rings. The lowest BCUT2D eigenvalue weighted by atomic mass is 10.2. The second-order valence-corrected chi connectivity index (χ2v) is 2.70. The van der Waals surface area contributed by atoms with E-state index in [2.05, 4.69) is 10.3 Å². The first-order valence-electron chi connectivity index (χ1n) is 4.41. The molecule has 0 aromatic carbocycles. The summed E-state index contributed by atoms with van der Waals surface area (Å²) in [5, 5.41) is 11.8. The molecule has 1 atom stereocenters. The van der Waals surface area contributed by atoms with Crippen LogP contribution in [-0.2, 0) is 0 Å². The van der Waals surface area contributed by atoms with Crippen molar-refractivity contribution in [3.05, 3.63) is 0 Å². The summed E-state index contributed by atoms with van der Waals surface area (Å²) in [6, 6.07) is 0.0330. The fraction of sp³-hybridized carbons (Fsp3) is 0.875. The van der Waals surface area contributed by atoms with Gasteiger partial charge in [-0.2, -0.15) is 0 Å². The quantitative estimate of drug-likeness (QED) is 0.407.